The molecule has 5 heteroatoms. The van der Waals surface area contributed by atoms with Gasteiger partial charge in [-0.05, 0) is 48.0 Å². The lowest BCUT2D eigenvalue weighted by Crippen LogP contribution is -2.02. The molecule has 0 aliphatic heterocycles. The first-order valence-electron chi connectivity index (χ1n) is 6.07. The number of rotatable bonds is 5. The number of carbonyl (C=O) groups is 1. The molecule has 0 aliphatic rings. The molecule has 0 aromatic heterocycles. The Morgan fingerprint density at radius 2 is 1.86 bits per heavy atom. The molecular weight excluding hydrogens is 298 g/mol. The quantitative estimate of drug-likeness (QED) is 0.583. The summed E-state index contributed by atoms with van der Waals surface area (Å²) >= 11 is 5.84. The van der Waals surface area contributed by atoms with Gasteiger partial charge >= 0.3 is 6.61 Å². The number of halogens is 3. The molecule has 0 spiro atoms. The standard InChI is InChI=1S/C16H11ClF2O2/c17-13-3-1-2-11(10-13)4-9-15(20)12-5-7-14(8-6-12)21-16(18)19/h1-10,16H/b9-4+. The van der Waals surface area contributed by atoms with Gasteiger partial charge in [-0.1, -0.05) is 29.8 Å². The molecule has 2 nitrogen and oxygen atoms in total. The molecule has 0 saturated heterocycles. The van der Waals surface area contributed by atoms with Crippen LogP contribution in [0, 0.1) is 0 Å². The van der Waals surface area contributed by atoms with Crippen molar-refractivity contribution in [1.82, 2.24) is 0 Å². The van der Waals surface area contributed by atoms with Crippen molar-refractivity contribution in [3.8, 4) is 5.75 Å². The first kappa shape index (κ1) is 15.2. The largest absolute Gasteiger partial charge is 0.435 e. The summed E-state index contributed by atoms with van der Waals surface area (Å²) in [6.45, 7) is -2.88. The Labute approximate surface area is 125 Å². The van der Waals surface area contributed by atoms with E-state index in [-0.39, 0.29) is 11.5 Å². The van der Waals surface area contributed by atoms with E-state index in [1.54, 1.807) is 24.3 Å². The molecule has 0 aliphatic carbocycles. The van der Waals surface area contributed by atoms with Gasteiger partial charge in [-0.2, -0.15) is 8.78 Å². The van der Waals surface area contributed by atoms with Crippen LogP contribution in [0.5, 0.6) is 5.75 Å². The van der Waals surface area contributed by atoms with Gasteiger partial charge in [0.1, 0.15) is 5.75 Å². The molecule has 0 fully saturated rings. The lowest BCUT2D eigenvalue weighted by Gasteiger charge is -2.04. The van der Waals surface area contributed by atoms with Gasteiger partial charge in [0.15, 0.2) is 5.78 Å². The number of ether oxygens (including phenoxy) is 1. The Kier molecular flexibility index (Phi) is 5.06. The van der Waals surface area contributed by atoms with Crippen LogP contribution < -0.4 is 4.74 Å². The smallest absolute Gasteiger partial charge is 0.387 e. The number of hydrogen-bond acceptors (Lipinski definition) is 2. The van der Waals surface area contributed by atoms with Gasteiger partial charge in [0.05, 0.1) is 0 Å². The fourth-order valence-corrected chi connectivity index (χ4v) is 1.88. The van der Waals surface area contributed by atoms with E-state index in [2.05, 4.69) is 4.74 Å². The van der Waals surface area contributed by atoms with Crippen LogP contribution in [0.3, 0.4) is 0 Å². The third kappa shape index (κ3) is 4.68. The minimum atomic E-state index is -2.88. The zero-order chi connectivity index (χ0) is 15.2. The van der Waals surface area contributed by atoms with E-state index in [9.17, 15) is 13.6 Å². The van der Waals surface area contributed by atoms with Crippen molar-refractivity contribution in [3.05, 3.63) is 70.8 Å². The van der Waals surface area contributed by atoms with Crippen molar-refractivity contribution >= 4 is 23.5 Å². The maximum atomic E-state index is 12.0. The SMILES string of the molecule is O=C(/C=C/c1cccc(Cl)c1)c1ccc(OC(F)F)cc1. The molecule has 0 bridgehead atoms. The van der Waals surface area contributed by atoms with E-state index in [1.807, 2.05) is 6.07 Å². The summed E-state index contributed by atoms with van der Waals surface area (Å²) in [5.41, 5.74) is 1.18. The molecule has 0 unspecified atom stereocenters. The highest BCUT2D eigenvalue weighted by atomic mass is 35.5. The summed E-state index contributed by atoms with van der Waals surface area (Å²) < 4.78 is 28.2. The number of benzene rings is 2. The summed E-state index contributed by atoms with van der Waals surface area (Å²) in [6.07, 6.45) is 3.03. The average Bonchev–Trinajstić information content (AvgIpc) is 2.45. The van der Waals surface area contributed by atoms with Crippen LogP contribution in [0.1, 0.15) is 15.9 Å². The number of carbonyl (C=O) groups excluding carboxylic acids is 1. The van der Waals surface area contributed by atoms with E-state index in [0.717, 1.165) is 5.56 Å². The molecule has 2 aromatic carbocycles. The van der Waals surface area contributed by atoms with E-state index in [0.29, 0.717) is 10.6 Å². The van der Waals surface area contributed by atoms with Crippen molar-refractivity contribution in [2.75, 3.05) is 0 Å². The molecule has 2 aromatic rings. The van der Waals surface area contributed by atoms with Crippen molar-refractivity contribution in [2.24, 2.45) is 0 Å². The summed E-state index contributed by atoms with van der Waals surface area (Å²) in [5.74, 6) is -0.223. The highest BCUT2D eigenvalue weighted by Crippen LogP contribution is 2.16. The Bertz CT molecular complexity index is 652. The topological polar surface area (TPSA) is 26.3 Å². The van der Waals surface area contributed by atoms with E-state index >= 15 is 0 Å². The average molecular weight is 309 g/mol. The van der Waals surface area contributed by atoms with Crippen molar-refractivity contribution in [2.45, 2.75) is 6.61 Å². The molecule has 2 rings (SSSR count). The molecule has 0 amide bonds. The minimum absolute atomic E-state index is 0.0142. The predicted molar refractivity (Wildman–Crippen MR) is 77.9 cm³/mol. The Balaban J connectivity index is 2.06. The van der Waals surface area contributed by atoms with E-state index < -0.39 is 6.61 Å². The zero-order valence-electron chi connectivity index (χ0n) is 10.8. The highest BCUT2D eigenvalue weighted by Gasteiger charge is 2.06. The summed E-state index contributed by atoms with van der Waals surface area (Å²) in [5, 5.41) is 0.582. The lowest BCUT2D eigenvalue weighted by molar-refractivity contribution is -0.0498. The van der Waals surface area contributed by atoms with Crippen LogP contribution in [0.2, 0.25) is 5.02 Å². The fraction of sp³-hybridized carbons (Fsp3) is 0.0625. The molecule has 21 heavy (non-hydrogen) atoms. The van der Waals surface area contributed by atoms with Gasteiger partial charge < -0.3 is 4.74 Å². The zero-order valence-corrected chi connectivity index (χ0v) is 11.6. The van der Waals surface area contributed by atoms with Gasteiger partial charge in [0.2, 0.25) is 0 Å². The second-order valence-electron chi connectivity index (χ2n) is 4.16. The number of allylic oxidation sites excluding steroid dienone is 1. The molecule has 0 heterocycles. The van der Waals surface area contributed by atoms with Crippen LogP contribution in [-0.4, -0.2) is 12.4 Å². The van der Waals surface area contributed by atoms with Gasteiger partial charge in [0, 0.05) is 10.6 Å². The molecule has 0 atom stereocenters. The van der Waals surface area contributed by atoms with Gasteiger partial charge in [0.25, 0.3) is 0 Å². The van der Waals surface area contributed by atoms with E-state index in [4.69, 9.17) is 11.6 Å². The van der Waals surface area contributed by atoms with Crippen LogP contribution in [-0.2, 0) is 0 Å². The normalized spacial score (nSPS) is 11.0. The Morgan fingerprint density at radius 3 is 2.48 bits per heavy atom. The maximum Gasteiger partial charge on any atom is 0.387 e. The Hall–Kier alpha value is -2.20. The summed E-state index contributed by atoms with van der Waals surface area (Å²) in [6, 6.07) is 12.6. The number of alkyl halides is 2. The number of hydrogen-bond donors (Lipinski definition) is 0. The van der Waals surface area contributed by atoms with Gasteiger partial charge in [-0.3, -0.25) is 4.79 Å². The maximum absolute atomic E-state index is 12.0. The molecule has 0 radical (unpaired) electrons. The predicted octanol–water partition coefficient (Wildman–Crippen LogP) is 4.84. The third-order valence-electron chi connectivity index (χ3n) is 2.64. The lowest BCUT2D eigenvalue weighted by atomic mass is 10.1. The summed E-state index contributed by atoms with van der Waals surface area (Å²) in [7, 11) is 0. The van der Waals surface area contributed by atoms with Crippen LogP contribution in [0.15, 0.2) is 54.6 Å². The second-order valence-corrected chi connectivity index (χ2v) is 4.59. The van der Waals surface area contributed by atoms with Crippen molar-refractivity contribution < 1.29 is 18.3 Å². The van der Waals surface area contributed by atoms with E-state index in [1.165, 1.54) is 30.3 Å². The van der Waals surface area contributed by atoms with Crippen molar-refractivity contribution in [1.29, 1.82) is 0 Å². The fourth-order valence-electron chi connectivity index (χ4n) is 1.68. The van der Waals surface area contributed by atoms with Gasteiger partial charge in [-0.15, -0.1) is 0 Å². The number of ketones is 1. The summed E-state index contributed by atoms with van der Waals surface area (Å²) in [4.78, 5) is 11.9. The molecule has 108 valence electrons. The molecular formula is C16H11ClF2O2. The third-order valence-corrected chi connectivity index (χ3v) is 2.87. The van der Waals surface area contributed by atoms with Gasteiger partial charge in [-0.25, -0.2) is 0 Å². The monoisotopic (exact) mass is 308 g/mol. The first-order valence-corrected chi connectivity index (χ1v) is 6.45. The van der Waals surface area contributed by atoms with Crippen molar-refractivity contribution in [3.63, 3.8) is 0 Å². The minimum Gasteiger partial charge on any atom is -0.435 e. The first-order chi connectivity index (χ1) is 10.0. The molecule has 0 N–H and O–H groups in total. The van der Waals surface area contributed by atoms with Crippen LogP contribution in [0.4, 0.5) is 8.78 Å². The van der Waals surface area contributed by atoms with Crippen LogP contribution >= 0.6 is 11.6 Å². The Morgan fingerprint density at radius 1 is 1.14 bits per heavy atom. The van der Waals surface area contributed by atoms with Crippen LogP contribution in [0.25, 0.3) is 6.08 Å². The second kappa shape index (κ2) is 6.99. The molecule has 0 saturated carbocycles. The highest BCUT2D eigenvalue weighted by molar-refractivity contribution is 6.30.